The van der Waals surface area contributed by atoms with Gasteiger partial charge in [-0.2, -0.15) is 9.40 Å². The van der Waals surface area contributed by atoms with Crippen molar-refractivity contribution in [1.29, 1.82) is 0 Å². The van der Waals surface area contributed by atoms with E-state index in [1.54, 1.807) is 18.5 Å². The zero-order valence-corrected chi connectivity index (χ0v) is 18.9. The Bertz CT molecular complexity index is 1050. The van der Waals surface area contributed by atoms with Gasteiger partial charge in [-0.15, -0.1) is 0 Å². The van der Waals surface area contributed by atoms with Gasteiger partial charge in [0.1, 0.15) is 10.7 Å². The highest BCUT2D eigenvalue weighted by atomic mass is 35.5. The van der Waals surface area contributed by atoms with Crippen LogP contribution in [0.4, 0.5) is 10.1 Å². The normalized spacial score (nSPS) is 16.0. The number of halogens is 2. The Hall–Kier alpha value is -1.97. The maximum absolute atomic E-state index is 13.1. The highest BCUT2D eigenvalue weighted by Gasteiger charge is 2.33. The number of benzene rings is 1. The summed E-state index contributed by atoms with van der Waals surface area (Å²) in [4.78, 5) is 12.5. The van der Waals surface area contributed by atoms with Crippen molar-refractivity contribution >= 4 is 33.2 Å². The summed E-state index contributed by atoms with van der Waals surface area (Å²) in [5.74, 6) is -0.294. The summed E-state index contributed by atoms with van der Waals surface area (Å²) < 4.78 is 42.5. The molecule has 30 heavy (non-hydrogen) atoms. The van der Waals surface area contributed by atoms with Gasteiger partial charge in [0.2, 0.25) is 15.9 Å². The first-order chi connectivity index (χ1) is 14.1. The Kier molecular flexibility index (Phi) is 6.84. The van der Waals surface area contributed by atoms with Gasteiger partial charge >= 0.3 is 0 Å². The van der Waals surface area contributed by atoms with Crippen LogP contribution in [0.25, 0.3) is 0 Å². The molecule has 1 fully saturated rings. The van der Waals surface area contributed by atoms with Crippen LogP contribution in [0, 0.1) is 25.6 Å². The predicted octanol–water partition coefficient (Wildman–Crippen LogP) is 3.74. The average molecular weight is 457 g/mol. The number of amides is 1. The van der Waals surface area contributed by atoms with Gasteiger partial charge in [-0.25, -0.2) is 12.8 Å². The van der Waals surface area contributed by atoms with Gasteiger partial charge in [-0.1, -0.05) is 18.5 Å². The van der Waals surface area contributed by atoms with E-state index < -0.39 is 15.8 Å². The lowest BCUT2D eigenvalue weighted by atomic mass is 10.0. The smallest absolute Gasteiger partial charge is 0.246 e. The minimum absolute atomic E-state index is 0.0659. The van der Waals surface area contributed by atoms with Crippen LogP contribution < -0.4 is 5.32 Å². The zero-order chi connectivity index (χ0) is 22.1. The third kappa shape index (κ3) is 4.84. The lowest BCUT2D eigenvalue weighted by Crippen LogP contribution is -2.38. The summed E-state index contributed by atoms with van der Waals surface area (Å²) in [5, 5.41) is 7.09. The van der Waals surface area contributed by atoms with Crippen molar-refractivity contribution in [2.45, 2.75) is 51.5 Å². The summed E-state index contributed by atoms with van der Waals surface area (Å²) in [6.45, 7) is 6.73. The van der Waals surface area contributed by atoms with E-state index >= 15 is 0 Å². The number of carbonyl (C=O) groups is 1. The lowest BCUT2D eigenvalue weighted by Gasteiger charge is -2.29. The second kappa shape index (κ2) is 9.03. The summed E-state index contributed by atoms with van der Waals surface area (Å²) in [6, 6.07) is 3.72. The summed E-state index contributed by atoms with van der Waals surface area (Å²) in [6.07, 6.45) is 1.76. The zero-order valence-electron chi connectivity index (χ0n) is 17.3. The van der Waals surface area contributed by atoms with Gasteiger partial charge in [0, 0.05) is 19.5 Å². The molecule has 1 saturated heterocycles. The molecular formula is C20H26ClFN4O3S. The number of sulfonamides is 1. The topological polar surface area (TPSA) is 84.3 Å². The fraction of sp³-hybridized carbons (Fsp3) is 0.500. The molecule has 0 bridgehead atoms. The minimum Gasteiger partial charge on any atom is -0.325 e. The fourth-order valence-electron chi connectivity index (χ4n) is 3.64. The van der Waals surface area contributed by atoms with Crippen LogP contribution in [0.5, 0.6) is 0 Å². The van der Waals surface area contributed by atoms with Gasteiger partial charge in [0.05, 0.1) is 28.6 Å². The number of piperidine rings is 1. The first-order valence-electron chi connectivity index (χ1n) is 9.88. The van der Waals surface area contributed by atoms with Crippen molar-refractivity contribution in [3.05, 3.63) is 40.4 Å². The van der Waals surface area contributed by atoms with Gasteiger partial charge in [-0.3, -0.25) is 9.48 Å². The van der Waals surface area contributed by atoms with Crippen LogP contribution in [-0.4, -0.2) is 41.5 Å². The van der Waals surface area contributed by atoms with Gasteiger partial charge in [0.25, 0.3) is 0 Å². The minimum atomic E-state index is -3.63. The van der Waals surface area contributed by atoms with E-state index in [1.807, 2.05) is 0 Å². The van der Waals surface area contributed by atoms with Crippen LogP contribution in [0.15, 0.2) is 23.1 Å². The van der Waals surface area contributed by atoms with E-state index in [0.29, 0.717) is 36.1 Å². The Morgan fingerprint density at radius 1 is 1.30 bits per heavy atom. The third-order valence-corrected chi connectivity index (χ3v) is 7.88. The van der Waals surface area contributed by atoms with Crippen molar-refractivity contribution in [3.63, 3.8) is 0 Å². The Balaban J connectivity index is 1.70. The molecular weight excluding hydrogens is 431 g/mol. The van der Waals surface area contributed by atoms with Crippen LogP contribution in [0.2, 0.25) is 5.02 Å². The number of aryl methyl sites for hydroxylation is 2. The number of anilines is 1. The molecule has 1 N–H and O–H groups in total. The van der Waals surface area contributed by atoms with Gasteiger partial charge in [-0.05, 0) is 50.8 Å². The molecule has 164 valence electrons. The second-order valence-corrected chi connectivity index (χ2v) is 10.0. The van der Waals surface area contributed by atoms with E-state index in [0.717, 1.165) is 18.9 Å². The number of nitrogens with one attached hydrogen (secondary N) is 1. The molecule has 1 aromatic heterocycles. The Morgan fingerprint density at radius 2 is 1.97 bits per heavy atom. The van der Waals surface area contributed by atoms with Crippen molar-refractivity contribution in [2.75, 3.05) is 18.4 Å². The second-order valence-electron chi connectivity index (χ2n) is 7.73. The molecule has 2 heterocycles. The molecule has 1 aliphatic heterocycles. The standard InChI is InChI=1S/C20H26ClFN4O3S/c1-13-6-9-25(10-7-13)30(28,29)20-14(2)24-26(15(20)3)11-8-19(27)23-18-5-4-16(22)12-17(18)21/h4-5,12-13H,6-11H2,1-3H3,(H,23,27). The van der Waals surface area contributed by atoms with Gasteiger partial charge < -0.3 is 5.32 Å². The monoisotopic (exact) mass is 456 g/mol. The fourth-order valence-corrected chi connectivity index (χ4v) is 5.69. The number of nitrogens with zero attached hydrogens (tertiary/aromatic N) is 3. The number of hydrogen-bond donors (Lipinski definition) is 1. The largest absolute Gasteiger partial charge is 0.325 e. The molecule has 1 amide bonds. The van der Waals surface area contributed by atoms with E-state index in [1.165, 1.54) is 16.4 Å². The molecule has 2 aromatic rings. The molecule has 0 aliphatic carbocycles. The Morgan fingerprint density at radius 3 is 2.60 bits per heavy atom. The van der Waals surface area contributed by atoms with Crippen LogP contribution in [0.1, 0.15) is 37.6 Å². The first kappa shape index (κ1) is 22.7. The molecule has 0 spiro atoms. The molecule has 0 saturated carbocycles. The summed E-state index contributed by atoms with van der Waals surface area (Å²) in [7, 11) is -3.63. The number of rotatable bonds is 6. The van der Waals surface area contributed by atoms with Crippen molar-refractivity contribution in [1.82, 2.24) is 14.1 Å². The number of hydrogen-bond acceptors (Lipinski definition) is 4. The molecule has 1 aromatic carbocycles. The molecule has 10 heteroatoms. The van der Waals surface area contributed by atoms with Gasteiger partial charge in [0.15, 0.2) is 0 Å². The molecule has 0 radical (unpaired) electrons. The van der Waals surface area contributed by atoms with E-state index in [9.17, 15) is 17.6 Å². The molecule has 1 aliphatic rings. The van der Waals surface area contributed by atoms with Crippen LogP contribution >= 0.6 is 11.6 Å². The molecule has 0 unspecified atom stereocenters. The average Bonchev–Trinajstić information content (AvgIpc) is 2.96. The van der Waals surface area contributed by atoms with E-state index in [4.69, 9.17) is 11.6 Å². The molecule has 3 rings (SSSR count). The van der Waals surface area contributed by atoms with Crippen LogP contribution in [-0.2, 0) is 21.4 Å². The highest BCUT2D eigenvalue weighted by Crippen LogP contribution is 2.28. The summed E-state index contributed by atoms with van der Waals surface area (Å²) in [5.41, 5.74) is 1.26. The van der Waals surface area contributed by atoms with Crippen molar-refractivity contribution in [2.24, 2.45) is 5.92 Å². The van der Waals surface area contributed by atoms with E-state index in [2.05, 4.69) is 17.3 Å². The van der Waals surface area contributed by atoms with Crippen LogP contribution in [0.3, 0.4) is 0 Å². The summed E-state index contributed by atoms with van der Waals surface area (Å²) >= 11 is 5.93. The maximum Gasteiger partial charge on any atom is 0.246 e. The highest BCUT2D eigenvalue weighted by molar-refractivity contribution is 7.89. The number of carbonyl (C=O) groups excluding carboxylic acids is 1. The SMILES string of the molecule is Cc1nn(CCC(=O)Nc2ccc(F)cc2Cl)c(C)c1S(=O)(=O)N1CCC(C)CC1. The van der Waals surface area contributed by atoms with Crippen molar-refractivity contribution < 1.29 is 17.6 Å². The molecule has 7 nitrogen and oxygen atoms in total. The third-order valence-electron chi connectivity index (χ3n) is 5.41. The number of aromatic nitrogens is 2. The van der Waals surface area contributed by atoms with Crippen molar-refractivity contribution in [3.8, 4) is 0 Å². The first-order valence-corrected chi connectivity index (χ1v) is 11.7. The Labute approximate surface area is 181 Å². The molecule has 0 atom stereocenters. The maximum atomic E-state index is 13.1. The van der Waals surface area contributed by atoms with E-state index in [-0.39, 0.29) is 28.8 Å². The predicted molar refractivity (Wildman–Crippen MR) is 114 cm³/mol. The lowest BCUT2D eigenvalue weighted by molar-refractivity contribution is -0.116. The quantitative estimate of drug-likeness (QED) is 0.717.